The van der Waals surface area contributed by atoms with Crippen LogP contribution >= 0.6 is 12.0 Å². The molecule has 0 radical (unpaired) electrons. The van der Waals surface area contributed by atoms with Gasteiger partial charge in [-0.05, 0) is 42.7 Å². The number of rotatable bonds is 4. The lowest BCUT2D eigenvalue weighted by atomic mass is 9.86. The summed E-state index contributed by atoms with van der Waals surface area (Å²) < 4.78 is 19.5. The van der Waals surface area contributed by atoms with Crippen molar-refractivity contribution in [2.45, 2.75) is 24.2 Å². The Morgan fingerprint density at radius 2 is 2.00 bits per heavy atom. The van der Waals surface area contributed by atoms with Crippen LogP contribution in [0.25, 0.3) is 22.0 Å². The van der Waals surface area contributed by atoms with E-state index in [2.05, 4.69) is 4.98 Å². The lowest BCUT2D eigenvalue weighted by molar-refractivity contribution is -0.140. The SMILES string of the molecule is O=C(OSc1ccnc2ccc(-c3ccccc3F)cc12)C1CCC1. The highest BCUT2D eigenvalue weighted by Crippen LogP contribution is 2.34. The predicted octanol–water partition coefficient (Wildman–Crippen LogP) is 5.39. The second-order valence-electron chi connectivity index (χ2n) is 6.13. The quantitative estimate of drug-likeness (QED) is 0.590. The molecule has 0 N–H and O–H groups in total. The molecule has 3 nitrogen and oxygen atoms in total. The monoisotopic (exact) mass is 353 g/mol. The van der Waals surface area contributed by atoms with Gasteiger partial charge in [0.25, 0.3) is 0 Å². The average molecular weight is 353 g/mol. The minimum Gasteiger partial charge on any atom is -0.386 e. The summed E-state index contributed by atoms with van der Waals surface area (Å²) in [6.07, 6.45) is 4.60. The van der Waals surface area contributed by atoms with Crippen molar-refractivity contribution in [1.29, 1.82) is 0 Å². The third-order valence-electron chi connectivity index (χ3n) is 4.54. The highest BCUT2D eigenvalue weighted by Gasteiger charge is 2.27. The Bertz CT molecular complexity index is 940. The van der Waals surface area contributed by atoms with Crippen molar-refractivity contribution >= 4 is 28.9 Å². The van der Waals surface area contributed by atoms with Gasteiger partial charge < -0.3 is 4.18 Å². The summed E-state index contributed by atoms with van der Waals surface area (Å²) in [7, 11) is 0. The topological polar surface area (TPSA) is 39.2 Å². The first-order valence-corrected chi connectivity index (χ1v) is 8.98. The van der Waals surface area contributed by atoms with Crippen molar-refractivity contribution < 1.29 is 13.4 Å². The molecular weight excluding hydrogens is 337 g/mol. The van der Waals surface area contributed by atoms with Crippen molar-refractivity contribution in [2.75, 3.05) is 0 Å². The molecule has 0 aliphatic heterocycles. The lowest BCUT2D eigenvalue weighted by Crippen LogP contribution is -2.22. The van der Waals surface area contributed by atoms with E-state index in [0.29, 0.717) is 5.56 Å². The van der Waals surface area contributed by atoms with Gasteiger partial charge in [-0.2, -0.15) is 0 Å². The van der Waals surface area contributed by atoms with Crippen LogP contribution in [0.2, 0.25) is 0 Å². The molecule has 2 aromatic carbocycles. The fourth-order valence-corrected chi connectivity index (χ4v) is 3.53. The maximum Gasteiger partial charge on any atom is 0.321 e. The fourth-order valence-electron chi connectivity index (χ4n) is 2.85. The Morgan fingerprint density at radius 1 is 1.16 bits per heavy atom. The molecule has 3 aromatic rings. The Labute approximate surface area is 149 Å². The van der Waals surface area contributed by atoms with Gasteiger partial charge in [0.2, 0.25) is 0 Å². The number of pyridine rings is 1. The van der Waals surface area contributed by atoms with Crippen molar-refractivity contribution in [3.63, 3.8) is 0 Å². The minimum absolute atomic E-state index is 0.0366. The molecule has 1 aliphatic rings. The Morgan fingerprint density at radius 3 is 2.76 bits per heavy atom. The first-order valence-electron chi connectivity index (χ1n) is 8.24. The van der Waals surface area contributed by atoms with Crippen molar-refractivity contribution in [3.8, 4) is 11.1 Å². The van der Waals surface area contributed by atoms with Crippen molar-refractivity contribution in [2.24, 2.45) is 5.92 Å². The summed E-state index contributed by atoms with van der Waals surface area (Å²) in [6.45, 7) is 0. The van der Waals surface area contributed by atoms with E-state index in [0.717, 1.165) is 52.7 Å². The molecule has 5 heteroatoms. The van der Waals surface area contributed by atoms with E-state index < -0.39 is 0 Å². The normalized spacial score (nSPS) is 14.3. The number of nitrogens with zero attached hydrogens (tertiary/aromatic N) is 1. The second-order valence-corrected chi connectivity index (χ2v) is 6.91. The number of hydrogen-bond donors (Lipinski definition) is 0. The molecule has 0 saturated heterocycles. The third kappa shape index (κ3) is 3.24. The van der Waals surface area contributed by atoms with Gasteiger partial charge in [-0.25, -0.2) is 4.39 Å². The van der Waals surface area contributed by atoms with Gasteiger partial charge in [-0.15, -0.1) is 0 Å². The molecule has 1 fully saturated rings. The summed E-state index contributed by atoms with van der Waals surface area (Å²) in [5, 5.41) is 0.842. The van der Waals surface area contributed by atoms with Gasteiger partial charge in [0.05, 0.1) is 28.4 Å². The number of carbonyl (C=O) groups excluding carboxylic acids is 1. The number of carbonyl (C=O) groups is 1. The third-order valence-corrected chi connectivity index (χ3v) is 5.32. The maximum absolute atomic E-state index is 14.1. The molecule has 1 aromatic heterocycles. The zero-order valence-electron chi connectivity index (χ0n) is 13.4. The summed E-state index contributed by atoms with van der Waals surface area (Å²) >= 11 is 1.06. The molecule has 0 bridgehead atoms. The van der Waals surface area contributed by atoms with E-state index in [1.807, 2.05) is 30.3 Å². The molecule has 1 heterocycles. The van der Waals surface area contributed by atoms with E-state index in [4.69, 9.17) is 4.18 Å². The van der Waals surface area contributed by atoms with E-state index in [-0.39, 0.29) is 17.7 Å². The largest absolute Gasteiger partial charge is 0.386 e. The van der Waals surface area contributed by atoms with Crippen LogP contribution in [0.5, 0.6) is 0 Å². The van der Waals surface area contributed by atoms with Crippen LogP contribution in [-0.4, -0.2) is 11.0 Å². The summed E-state index contributed by atoms with van der Waals surface area (Å²) in [4.78, 5) is 17.1. The van der Waals surface area contributed by atoms with E-state index in [9.17, 15) is 9.18 Å². The van der Waals surface area contributed by atoms with Gasteiger partial charge in [0, 0.05) is 17.1 Å². The zero-order valence-corrected chi connectivity index (χ0v) is 14.3. The molecule has 1 saturated carbocycles. The first-order chi connectivity index (χ1) is 12.2. The van der Waals surface area contributed by atoms with Crippen LogP contribution in [-0.2, 0) is 8.98 Å². The van der Waals surface area contributed by atoms with Gasteiger partial charge in [-0.3, -0.25) is 9.78 Å². The maximum atomic E-state index is 14.1. The zero-order chi connectivity index (χ0) is 17.2. The van der Waals surface area contributed by atoms with Gasteiger partial charge in [0.1, 0.15) is 5.82 Å². The minimum atomic E-state index is -0.267. The van der Waals surface area contributed by atoms with Gasteiger partial charge in [-0.1, -0.05) is 30.7 Å². The van der Waals surface area contributed by atoms with Crippen LogP contribution in [0.1, 0.15) is 19.3 Å². The molecule has 0 unspecified atom stereocenters. The van der Waals surface area contributed by atoms with Crippen LogP contribution in [0.3, 0.4) is 0 Å². The lowest BCUT2D eigenvalue weighted by Gasteiger charge is -2.22. The standard InChI is InChI=1S/C20H16FNO2S/c21-17-7-2-1-6-15(17)14-8-9-18-16(12-14)19(10-11-22-18)25-24-20(23)13-4-3-5-13/h1-2,6-13H,3-5H2. The molecule has 0 spiro atoms. The van der Waals surface area contributed by atoms with Crippen LogP contribution < -0.4 is 0 Å². The van der Waals surface area contributed by atoms with E-state index >= 15 is 0 Å². The molecule has 4 rings (SSSR count). The van der Waals surface area contributed by atoms with Crippen molar-refractivity contribution in [3.05, 3.63) is 60.5 Å². The molecule has 0 atom stereocenters. The second kappa shape index (κ2) is 6.84. The Balaban J connectivity index is 1.66. The van der Waals surface area contributed by atoms with Crippen LogP contribution in [0.4, 0.5) is 4.39 Å². The Hall–Kier alpha value is -2.40. The van der Waals surface area contributed by atoms with E-state index in [1.165, 1.54) is 6.07 Å². The number of aromatic nitrogens is 1. The predicted molar refractivity (Wildman–Crippen MR) is 96.4 cm³/mol. The molecule has 0 amide bonds. The molecular formula is C20H16FNO2S. The van der Waals surface area contributed by atoms with Crippen LogP contribution in [0.15, 0.2) is 59.6 Å². The summed E-state index contributed by atoms with van der Waals surface area (Å²) in [5.41, 5.74) is 2.09. The number of fused-ring (bicyclic) bond motifs is 1. The average Bonchev–Trinajstić information content (AvgIpc) is 2.58. The highest BCUT2D eigenvalue weighted by atomic mass is 32.2. The summed E-state index contributed by atoms with van der Waals surface area (Å²) in [6, 6.07) is 14.1. The van der Waals surface area contributed by atoms with Crippen molar-refractivity contribution in [1.82, 2.24) is 4.98 Å². The summed E-state index contributed by atoms with van der Waals surface area (Å²) in [5.74, 6) is -0.391. The number of halogens is 1. The van der Waals surface area contributed by atoms with Gasteiger partial charge in [0.15, 0.2) is 0 Å². The molecule has 25 heavy (non-hydrogen) atoms. The highest BCUT2D eigenvalue weighted by molar-refractivity contribution is 7.95. The van der Waals surface area contributed by atoms with Gasteiger partial charge >= 0.3 is 5.97 Å². The Kier molecular flexibility index (Phi) is 4.40. The number of hydrogen-bond acceptors (Lipinski definition) is 4. The fraction of sp³-hybridized carbons (Fsp3) is 0.200. The number of benzene rings is 2. The van der Waals surface area contributed by atoms with Crippen LogP contribution in [0, 0.1) is 11.7 Å². The smallest absolute Gasteiger partial charge is 0.321 e. The van der Waals surface area contributed by atoms with E-state index in [1.54, 1.807) is 18.3 Å². The molecule has 1 aliphatic carbocycles. The first kappa shape index (κ1) is 16.1. The molecule has 126 valence electrons.